The molecule has 3 aliphatic heterocycles. The van der Waals surface area contributed by atoms with Crippen molar-refractivity contribution in [2.75, 3.05) is 19.6 Å². The molecule has 25 heavy (non-hydrogen) atoms. The molecule has 3 heterocycles. The lowest BCUT2D eigenvalue weighted by Crippen LogP contribution is -2.34. The number of fused-ring (bicyclic) bond motifs is 2. The van der Waals surface area contributed by atoms with Gasteiger partial charge in [0.2, 0.25) is 0 Å². The molecule has 0 unspecified atom stereocenters. The van der Waals surface area contributed by atoms with E-state index >= 15 is 0 Å². The molecule has 1 aromatic rings. The standard InChI is InChI=1S/C18H18N2O4S/c1-2-20-7-5-13(6-8-20)16-10-14-4-3-12(11-19)9-15(14)25(16)23-17(21)18(22)24-25/h3-4,9-10,13H,2,5-8H2,1H3. The highest BCUT2D eigenvalue weighted by atomic mass is 32.3. The fraction of sp³-hybridized carbons (Fsp3) is 0.389. The molecule has 7 heteroatoms. The lowest BCUT2D eigenvalue weighted by Gasteiger charge is -2.40. The average Bonchev–Trinajstić information content (AvgIpc) is 3.11. The van der Waals surface area contributed by atoms with Crippen molar-refractivity contribution >= 4 is 28.6 Å². The molecule has 0 N–H and O–H groups in total. The number of likely N-dealkylation sites (tertiary alicyclic amines) is 1. The van der Waals surface area contributed by atoms with Gasteiger partial charge in [-0.3, -0.25) is 0 Å². The van der Waals surface area contributed by atoms with E-state index in [2.05, 4.69) is 17.9 Å². The number of hydrogen-bond donors (Lipinski definition) is 0. The van der Waals surface area contributed by atoms with Crippen molar-refractivity contribution in [2.45, 2.75) is 24.7 Å². The van der Waals surface area contributed by atoms with Gasteiger partial charge in [0.25, 0.3) is 0 Å². The van der Waals surface area contributed by atoms with E-state index in [4.69, 9.17) is 8.37 Å². The topological polar surface area (TPSA) is 79.6 Å². The van der Waals surface area contributed by atoms with Crippen LogP contribution in [-0.2, 0) is 18.0 Å². The zero-order valence-electron chi connectivity index (χ0n) is 13.9. The van der Waals surface area contributed by atoms with E-state index in [1.807, 2.05) is 12.1 Å². The molecule has 0 aromatic heterocycles. The summed E-state index contributed by atoms with van der Waals surface area (Å²) in [6.07, 6.45) is 3.86. The molecule has 1 aromatic carbocycles. The molecule has 0 amide bonds. The Balaban J connectivity index is 1.75. The van der Waals surface area contributed by atoms with E-state index < -0.39 is 22.5 Å². The van der Waals surface area contributed by atoms with Crippen molar-refractivity contribution in [3.63, 3.8) is 0 Å². The minimum atomic E-state index is -2.59. The summed E-state index contributed by atoms with van der Waals surface area (Å²) in [6, 6.07) is 7.33. The van der Waals surface area contributed by atoms with Crippen molar-refractivity contribution in [1.82, 2.24) is 4.90 Å². The van der Waals surface area contributed by atoms with Gasteiger partial charge in [0.1, 0.15) is 0 Å². The minimum Gasteiger partial charge on any atom is -0.325 e. The quantitative estimate of drug-likeness (QED) is 0.756. The molecule has 0 aliphatic carbocycles. The zero-order valence-corrected chi connectivity index (χ0v) is 14.7. The molecule has 0 saturated carbocycles. The molecule has 2 fully saturated rings. The zero-order chi connectivity index (χ0) is 17.6. The monoisotopic (exact) mass is 358 g/mol. The van der Waals surface area contributed by atoms with Gasteiger partial charge in [0, 0.05) is 11.5 Å². The minimum absolute atomic E-state index is 0.203. The van der Waals surface area contributed by atoms with Gasteiger partial charge in [0.05, 0.1) is 21.4 Å². The lowest BCUT2D eigenvalue weighted by molar-refractivity contribution is -0.150. The predicted molar refractivity (Wildman–Crippen MR) is 92.0 cm³/mol. The van der Waals surface area contributed by atoms with Crippen LogP contribution >= 0.6 is 10.6 Å². The summed E-state index contributed by atoms with van der Waals surface area (Å²) in [5, 5.41) is 9.20. The number of nitrogens with zero attached hydrogens (tertiary/aromatic N) is 2. The predicted octanol–water partition coefficient (Wildman–Crippen LogP) is 2.74. The molecule has 0 radical (unpaired) electrons. The van der Waals surface area contributed by atoms with Crippen LogP contribution in [0.25, 0.3) is 6.08 Å². The van der Waals surface area contributed by atoms with Gasteiger partial charge < -0.3 is 13.3 Å². The number of carbonyl (C=O) groups excluding carboxylic acids is 2. The average molecular weight is 358 g/mol. The van der Waals surface area contributed by atoms with Crippen LogP contribution in [0.3, 0.4) is 0 Å². The van der Waals surface area contributed by atoms with E-state index in [-0.39, 0.29) is 5.92 Å². The van der Waals surface area contributed by atoms with E-state index in [1.165, 1.54) is 0 Å². The molecule has 130 valence electrons. The van der Waals surface area contributed by atoms with Gasteiger partial charge in [-0.25, -0.2) is 9.59 Å². The smallest absolute Gasteiger partial charge is 0.325 e. The van der Waals surface area contributed by atoms with Crippen LogP contribution in [0.5, 0.6) is 0 Å². The number of hydrogen-bond acceptors (Lipinski definition) is 6. The summed E-state index contributed by atoms with van der Waals surface area (Å²) >= 11 is 0. The number of piperidine rings is 1. The van der Waals surface area contributed by atoms with Crippen molar-refractivity contribution in [1.29, 1.82) is 5.26 Å². The van der Waals surface area contributed by atoms with E-state index in [0.29, 0.717) is 10.5 Å². The van der Waals surface area contributed by atoms with E-state index in [1.54, 1.807) is 12.1 Å². The molecule has 0 atom stereocenters. The Morgan fingerprint density at radius 2 is 1.92 bits per heavy atom. The number of rotatable bonds is 2. The Morgan fingerprint density at radius 3 is 2.52 bits per heavy atom. The first-order valence-electron chi connectivity index (χ1n) is 8.36. The second kappa shape index (κ2) is 5.90. The molecule has 1 spiro atoms. The molecule has 2 saturated heterocycles. The van der Waals surface area contributed by atoms with Gasteiger partial charge in [-0.2, -0.15) is 5.26 Å². The van der Waals surface area contributed by atoms with E-state index in [0.717, 1.165) is 42.9 Å². The van der Waals surface area contributed by atoms with Crippen LogP contribution in [0, 0.1) is 17.2 Å². The van der Waals surface area contributed by atoms with Gasteiger partial charge in [0.15, 0.2) is 0 Å². The second-order valence-electron chi connectivity index (χ2n) is 6.36. The number of benzene rings is 1. The fourth-order valence-corrected chi connectivity index (χ4v) is 6.57. The Kier molecular flexibility index (Phi) is 3.82. The molecule has 0 bridgehead atoms. The van der Waals surface area contributed by atoms with Crippen molar-refractivity contribution in [3.05, 3.63) is 34.2 Å². The molecule has 6 nitrogen and oxygen atoms in total. The van der Waals surface area contributed by atoms with Crippen LogP contribution in [0.2, 0.25) is 0 Å². The highest BCUT2D eigenvalue weighted by molar-refractivity contribution is 8.30. The molecular weight excluding hydrogens is 340 g/mol. The number of allylic oxidation sites excluding steroid dienone is 1. The third-order valence-electron chi connectivity index (χ3n) is 5.03. The van der Waals surface area contributed by atoms with Crippen molar-refractivity contribution in [3.8, 4) is 6.07 Å². The maximum absolute atomic E-state index is 11.8. The Labute approximate surface area is 147 Å². The largest absolute Gasteiger partial charge is 0.441 e. The number of carbonyl (C=O) groups is 2. The van der Waals surface area contributed by atoms with E-state index in [9.17, 15) is 14.9 Å². The summed E-state index contributed by atoms with van der Waals surface area (Å²) in [5.74, 6) is -1.68. The lowest BCUT2D eigenvalue weighted by atomic mass is 9.95. The van der Waals surface area contributed by atoms with Crippen LogP contribution in [0.4, 0.5) is 0 Å². The summed E-state index contributed by atoms with van der Waals surface area (Å²) in [7, 11) is -2.59. The first-order chi connectivity index (χ1) is 12.1. The third-order valence-corrected chi connectivity index (χ3v) is 7.81. The van der Waals surface area contributed by atoms with Crippen LogP contribution < -0.4 is 0 Å². The Morgan fingerprint density at radius 1 is 1.24 bits per heavy atom. The normalized spacial score (nSPS) is 23.6. The summed E-state index contributed by atoms with van der Waals surface area (Å²) < 4.78 is 11.1. The first-order valence-corrected chi connectivity index (χ1v) is 9.84. The summed E-state index contributed by atoms with van der Waals surface area (Å²) in [5.41, 5.74) is 1.32. The Bertz CT molecular complexity index is 818. The summed E-state index contributed by atoms with van der Waals surface area (Å²) in [4.78, 5) is 27.6. The second-order valence-corrected chi connectivity index (χ2v) is 8.62. The summed E-state index contributed by atoms with van der Waals surface area (Å²) in [6.45, 7) is 5.09. The van der Waals surface area contributed by atoms with Crippen LogP contribution in [-0.4, -0.2) is 36.5 Å². The SMILES string of the molecule is CCN1CCC(C2=Cc3ccc(C#N)cc3S23OC(=O)C(=O)O3)CC1. The van der Waals surface area contributed by atoms with Crippen molar-refractivity contribution < 1.29 is 18.0 Å². The number of nitriles is 1. The third kappa shape index (κ3) is 2.44. The molecule has 4 rings (SSSR count). The maximum atomic E-state index is 11.8. The molecule has 3 aliphatic rings. The highest BCUT2D eigenvalue weighted by Crippen LogP contribution is 2.73. The van der Waals surface area contributed by atoms with Crippen LogP contribution in [0.1, 0.15) is 30.9 Å². The fourth-order valence-electron chi connectivity index (χ4n) is 3.67. The highest BCUT2D eigenvalue weighted by Gasteiger charge is 2.51. The van der Waals surface area contributed by atoms with Crippen molar-refractivity contribution in [2.24, 2.45) is 5.92 Å². The van der Waals surface area contributed by atoms with Gasteiger partial charge in [-0.15, -0.1) is 0 Å². The maximum Gasteiger partial charge on any atom is 0.441 e. The van der Waals surface area contributed by atoms with Gasteiger partial charge >= 0.3 is 11.9 Å². The van der Waals surface area contributed by atoms with Gasteiger partial charge in [-0.1, -0.05) is 23.6 Å². The van der Waals surface area contributed by atoms with Gasteiger partial charge in [-0.05, 0) is 50.7 Å². The first kappa shape index (κ1) is 16.2. The Hall–Kier alpha value is -2.30. The van der Waals surface area contributed by atoms with Crippen LogP contribution in [0.15, 0.2) is 28.0 Å². The molecular formula is C18H18N2O4S.